The summed E-state index contributed by atoms with van der Waals surface area (Å²) in [6, 6.07) is 3.45. The van der Waals surface area contributed by atoms with Gasteiger partial charge in [0.2, 0.25) is 0 Å². The summed E-state index contributed by atoms with van der Waals surface area (Å²) in [5, 5.41) is 0. The van der Waals surface area contributed by atoms with Gasteiger partial charge in [0.1, 0.15) is 11.6 Å². The predicted octanol–water partition coefficient (Wildman–Crippen LogP) is 2.61. The molecule has 0 radical (unpaired) electrons. The van der Waals surface area contributed by atoms with Crippen LogP contribution in [0.5, 0.6) is 0 Å². The molecular formula is C12H17F2NO. The molecule has 90 valence electrons. The zero-order chi connectivity index (χ0) is 12.2. The summed E-state index contributed by atoms with van der Waals surface area (Å²) >= 11 is 0. The molecule has 0 aliphatic heterocycles. The van der Waals surface area contributed by atoms with Crippen LogP contribution >= 0.6 is 0 Å². The number of hydrogen-bond donors (Lipinski definition) is 1. The van der Waals surface area contributed by atoms with E-state index in [1.165, 1.54) is 12.1 Å². The largest absolute Gasteiger partial charge is 0.369 e. The molecule has 1 rings (SSSR count). The zero-order valence-electron chi connectivity index (χ0n) is 9.59. The number of ether oxygens (including phenoxy) is 1. The highest BCUT2D eigenvalue weighted by Crippen LogP contribution is 2.18. The number of hydrogen-bond acceptors (Lipinski definition) is 2. The van der Waals surface area contributed by atoms with Gasteiger partial charge in [0.15, 0.2) is 0 Å². The van der Waals surface area contributed by atoms with Crippen molar-refractivity contribution in [1.82, 2.24) is 0 Å². The Morgan fingerprint density at radius 1 is 1.38 bits per heavy atom. The van der Waals surface area contributed by atoms with E-state index in [-0.39, 0.29) is 6.61 Å². The lowest BCUT2D eigenvalue weighted by molar-refractivity contribution is -0.0397. The second kappa shape index (κ2) is 5.37. The van der Waals surface area contributed by atoms with Crippen molar-refractivity contribution in [2.24, 2.45) is 5.73 Å². The first kappa shape index (κ1) is 13.1. The number of benzene rings is 1. The van der Waals surface area contributed by atoms with Gasteiger partial charge in [0.25, 0.3) is 0 Å². The Balaban J connectivity index is 2.67. The highest BCUT2D eigenvalue weighted by molar-refractivity contribution is 5.17. The van der Waals surface area contributed by atoms with Crippen LogP contribution in [-0.2, 0) is 11.3 Å². The predicted molar refractivity (Wildman–Crippen MR) is 58.9 cm³/mol. The van der Waals surface area contributed by atoms with Gasteiger partial charge in [-0.15, -0.1) is 0 Å². The maximum Gasteiger partial charge on any atom is 0.131 e. The molecule has 0 heterocycles. The van der Waals surface area contributed by atoms with Gasteiger partial charge in [-0.3, -0.25) is 0 Å². The van der Waals surface area contributed by atoms with Gasteiger partial charge in [-0.25, -0.2) is 8.78 Å². The lowest BCUT2D eigenvalue weighted by Crippen LogP contribution is -2.36. The monoisotopic (exact) mass is 229 g/mol. The average Bonchev–Trinajstić information content (AvgIpc) is 2.27. The first-order valence-corrected chi connectivity index (χ1v) is 5.28. The maximum atomic E-state index is 13.3. The first-order chi connectivity index (χ1) is 7.50. The number of nitrogens with two attached hydrogens (primary N) is 1. The third-order valence-corrected chi connectivity index (χ3v) is 2.77. The van der Waals surface area contributed by atoms with E-state index in [9.17, 15) is 8.78 Å². The lowest BCUT2D eigenvalue weighted by atomic mass is 10.0. The maximum absolute atomic E-state index is 13.3. The van der Waals surface area contributed by atoms with E-state index in [1.54, 1.807) is 0 Å². The second-order valence-electron chi connectivity index (χ2n) is 4.03. The van der Waals surface area contributed by atoms with Crippen LogP contribution in [0.3, 0.4) is 0 Å². The fourth-order valence-electron chi connectivity index (χ4n) is 1.20. The molecule has 0 amide bonds. The molecule has 4 heteroatoms. The van der Waals surface area contributed by atoms with Crippen LogP contribution in [-0.4, -0.2) is 12.1 Å². The molecule has 0 saturated carbocycles. The van der Waals surface area contributed by atoms with Crippen LogP contribution in [0.25, 0.3) is 0 Å². The van der Waals surface area contributed by atoms with Crippen LogP contribution in [0, 0.1) is 11.6 Å². The first-order valence-electron chi connectivity index (χ1n) is 5.28. The normalized spacial score (nSPS) is 14.8. The fourth-order valence-corrected chi connectivity index (χ4v) is 1.20. The highest BCUT2D eigenvalue weighted by Gasteiger charge is 2.21. The number of rotatable bonds is 5. The molecule has 0 spiro atoms. The molecule has 1 unspecified atom stereocenters. The summed E-state index contributed by atoms with van der Waals surface area (Å²) in [6.07, 6.45) is 0.742. The van der Waals surface area contributed by atoms with E-state index in [4.69, 9.17) is 10.5 Å². The minimum Gasteiger partial charge on any atom is -0.369 e. The lowest BCUT2D eigenvalue weighted by Gasteiger charge is -2.27. The molecule has 2 nitrogen and oxygen atoms in total. The SMILES string of the molecule is CCC(C)(CN)OCc1ccc(F)cc1F. The topological polar surface area (TPSA) is 35.2 Å². The Labute approximate surface area is 94.4 Å². The molecule has 2 N–H and O–H groups in total. The summed E-state index contributed by atoms with van der Waals surface area (Å²) in [6.45, 7) is 4.29. The third-order valence-electron chi connectivity index (χ3n) is 2.77. The second-order valence-corrected chi connectivity index (χ2v) is 4.03. The van der Waals surface area contributed by atoms with Crippen LogP contribution in [0.15, 0.2) is 18.2 Å². The summed E-state index contributed by atoms with van der Waals surface area (Å²) in [5.74, 6) is -1.17. The van der Waals surface area contributed by atoms with Crippen molar-refractivity contribution in [1.29, 1.82) is 0 Å². The van der Waals surface area contributed by atoms with E-state index in [1.807, 2.05) is 13.8 Å². The van der Waals surface area contributed by atoms with Crippen molar-refractivity contribution in [2.75, 3.05) is 6.54 Å². The van der Waals surface area contributed by atoms with Crippen molar-refractivity contribution in [3.05, 3.63) is 35.4 Å². The van der Waals surface area contributed by atoms with E-state index in [0.717, 1.165) is 12.5 Å². The van der Waals surface area contributed by atoms with E-state index in [2.05, 4.69) is 0 Å². The molecule has 0 saturated heterocycles. The molecular weight excluding hydrogens is 212 g/mol. The van der Waals surface area contributed by atoms with Gasteiger partial charge in [-0.1, -0.05) is 13.0 Å². The smallest absolute Gasteiger partial charge is 0.131 e. The average molecular weight is 229 g/mol. The van der Waals surface area contributed by atoms with Gasteiger partial charge >= 0.3 is 0 Å². The molecule has 0 aliphatic rings. The number of halogens is 2. The highest BCUT2D eigenvalue weighted by atomic mass is 19.1. The quantitative estimate of drug-likeness (QED) is 0.842. The Hall–Kier alpha value is -1.00. The van der Waals surface area contributed by atoms with Gasteiger partial charge in [0.05, 0.1) is 12.2 Å². The molecule has 0 aromatic heterocycles. The summed E-state index contributed by atoms with van der Waals surface area (Å²) in [7, 11) is 0. The van der Waals surface area contributed by atoms with Crippen LogP contribution in [0.4, 0.5) is 8.78 Å². The fraction of sp³-hybridized carbons (Fsp3) is 0.500. The Morgan fingerprint density at radius 3 is 2.56 bits per heavy atom. The summed E-state index contributed by atoms with van der Waals surface area (Å²) in [4.78, 5) is 0. The van der Waals surface area contributed by atoms with Crippen LogP contribution in [0.2, 0.25) is 0 Å². The van der Waals surface area contributed by atoms with Gasteiger partial charge in [0, 0.05) is 18.2 Å². The van der Waals surface area contributed by atoms with Crippen molar-refractivity contribution in [2.45, 2.75) is 32.5 Å². The Kier molecular flexibility index (Phi) is 4.38. The molecule has 1 aromatic rings. The van der Waals surface area contributed by atoms with Gasteiger partial charge < -0.3 is 10.5 Å². The minimum atomic E-state index is -0.588. The van der Waals surface area contributed by atoms with Crippen LogP contribution < -0.4 is 5.73 Å². The van der Waals surface area contributed by atoms with E-state index < -0.39 is 17.2 Å². The van der Waals surface area contributed by atoms with Crippen molar-refractivity contribution >= 4 is 0 Å². The summed E-state index contributed by atoms with van der Waals surface area (Å²) < 4.78 is 31.5. The molecule has 16 heavy (non-hydrogen) atoms. The van der Waals surface area contributed by atoms with Crippen molar-refractivity contribution in [3.63, 3.8) is 0 Å². The molecule has 0 bridgehead atoms. The Bertz CT molecular complexity index is 351. The van der Waals surface area contributed by atoms with E-state index in [0.29, 0.717) is 12.1 Å². The van der Waals surface area contributed by atoms with Crippen molar-refractivity contribution in [3.8, 4) is 0 Å². The van der Waals surface area contributed by atoms with Gasteiger partial charge in [-0.2, -0.15) is 0 Å². The molecule has 1 atom stereocenters. The molecule has 1 aromatic carbocycles. The van der Waals surface area contributed by atoms with Gasteiger partial charge in [-0.05, 0) is 19.4 Å². The zero-order valence-corrected chi connectivity index (χ0v) is 9.59. The van der Waals surface area contributed by atoms with Crippen molar-refractivity contribution < 1.29 is 13.5 Å². The molecule has 0 aliphatic carbocycles. The summed E-state index contributed by atoms with van der Waals surface area (Å²) in [5.41, 5.74) is 5.45. The molecule has 0 fully saturated rings. The van der Waals surface area contributed by atoms with Crippen LogP contribution in [0.1, 0.15) is 25.8 Å². The minimum absolute atomic E-state index is 0.105. The van der Waals surface area contributed by atoms with E-state index >= 15 is 0 Å². The Morgan fingerprint density at radius 2 is 2.06 bits per heavy atom. The third kappa shape index (κ3) is 3.25. The standard InChI is InChI=1S/C12H17F2NO/c1-3-12(2,8-15)16-7-9-4-5-10(13)6-11(9)14/h4-6H,3,7-8,15H2,1-2H3.